The van der Waals surface area contributed by atoms with E-state index in [1.807, 2.05) is 0 Å². The van der Waals surface area contributed by atoms with Crippen LogP contribution in [-0.2, 0) is 32.1 Å². The molecule has 18 nitrogen and oxygen atoms in total. The van der Waals surface area contributed by atoms with Crippen LogP contribution in [0.25, 0.3) is 11.3 Å². The molecule has 0 spiro atoms. The maximum atomic E-state index is 15.4. The SMILES string of the molecule is NC(=O)c1cc(-c2cn(CCCC(=O)NCCCCCCCNc3cccc4c3C(=O)N(C3CCC(=O)NC3=O)C4=O)cn2)cnc1O[C@@H]1CCN(C(=O)Cc2ccc(OC(F)(F)F)cc2)C[C@H]1F. The first kappa shape index (κ1) is 49.5. The molecule has 7 rings (SSSR count). The Morgan fingerprint density at radius 2 is 1.67 bits per heavy atom. The van der Waals surface area contributed by atoms with Gasteiger partial charge in [-0.15, -0.1) is 13.2 Å². The molecule has 22 heteroatoms. The minimum atomic E-state index is -4.85. The molecule has 3 aliphatic rings. The number of nitrogens with two attached hydrogens (primary N) is 1. The number of unbranched alkanes of at least 4 members (excludes halogenated alkanes) is 4. The van der Waals surface area contributed by atoms with Crippen molar-refractivity contribution in [2.75, 3.05) is 31.5 Å². The number of ether oxygens (including phenoxy) is 2. The number of pyridine rings is 1. The zero-order valence-electron chi connectivity index (χ0n) is 37.4. The number of imide groups is 2. The Kier molecular flexibility index (Phi) is 15.9. The summed E-state index contributed by atoms with van der Waals surface area (Å²) in [5.74, 6) is -4.16. The third kappa shape index (κ3) is 12.8. The van der Waals surface area contributed by atoms with Crippen LogP contribution in [0.1, 0.15) is 101 Å². The van der Waals surface area contributed by atoms with E-state index in [4.69, 9.17) is 10.5 Å². The van der Waals surface area contributed by atoms with Gasteiger partial charge in [-0.2, -0.15) is 0 Å². The van der Waals surface area contributed by atoms with E-state index >= 15 is 4.39 Å². The van der Waals surface area contributed by atoms with E-state index in [-0.39, 0.29) is 67.3 Å². The highest BCUT2D eigenvalue weighted by molar-refractivity contribution is 6.25. The van der Waals surface area contributed by atoms with Gasteiger partial charge in [-0.25, -0.2) is 14.4 Å². The number of nitrogens with one attached hydrogen (secondary N) is 3. The minimum absolute atomic E-state index is 0.0483. The summed E-state index contributed by atoms with van der Waals surface area (Å²) in [7, 11) is 0. The van der Waals surface area contributed by atoms with Gasteiger partial charge in [-0.3, -0.25) is 43.8 Å². The molecule has 3 aliphatic heterocycles. The van der Waals surface area contributed by atoms with E-state index in [2.05, 4.69) is 30.7 Å². The van der Waals surface area contributed by atoms with Crippen LogP contribution in [0.3, 0.4) is 0 Å². The largest absolute Gasteiger partial charge is 0.573 e. The number of aryl methyl sites for hydroxylation is 1. The van der Waals surface area contributed by atoms with Gasteiger partial charge in [-0.05, 0) is 61.6 Å². The number of fused-ring (bicyclic) bond motifs is 1. The summed E-state index contributed by atoms with van der Waals surface area (Å²) in [5.41, 5.74) is 7.88. The fourth-order valence-corrected chi connectivity index (χ4v) is 8.38. The van der Waals surface area contributed by atoms with Crippen LogP contribution in [0, 0.1) is 0 Å². The molecule has 2 saturated heterocycles. The summed E-state index contributed by atoms with van der Waals surface area (Å²) in [6.07, 6.45) is 2.43. The number of anilines is 1. The fraction of sp³-hybridized carbons (Fsp3) is 0.426. The Labute approximate surface area is 393 Å². The second-order valence-electron chi connectivity index (χ2n) is 16.9. The predicted octanol–water partition coefficient (Wildman–Crippen LogP) is 4.86. The van der Waals surface area contributed by atoms with E-state index in [0.29, 0.717) is 55.0 Å². The summed E-state index contributed by atoms with van der Waals surface area (Å²) < 4.78 is 64.2. The summed E-state index contributed by atoms with van der Waals surface area (Å²) in [4.78, 5) is 99.1. The summed E-state index contributed by atoms with van der Waals surface area (Å²) in [6.45, 7) is 1.41. The molecule has 0 bridgehead atoms. The van der Waals surface area contributed by atoms with Crippen molar-refractivity contribution in [2.45, 2.75) is 102 Å². The molecule has 2 aromatic heterocycles. The van der Waals surface area contributed by atoms with Crippen molar-refractivity contribution in [1.82, 2.24) is 35.0 Å². The van der Waals surface area contributed by atoms with Crippen LogP contribution in [0.15, 0.2) is 67.3 Å². The third-order valence-corrected chi connectivity index (χ3v) is 11.9. The van der Waals surface area contributed by atoms with Gasteiger partial charge in [0.15, 0.2) is 6.17 Å². The van der Waals surface area contributed by atoms with Crippen molar-refractivity contribution in [3.05, 3.63) is 89.5 Å². The highest BCUT2D eigenvalue weighted by atomic mass is 19.4. The number of hydrogen-bond donors (Lipinski definition) is 4. The van der Waals surface area contributed by atoms with Crippen molar-refractivity contribution in [3.63, 3.8) is 0 Å². The molecule has 0 aliphatic carbocycles. The smallest absolute Gasteiger partial charge is 0.471 e. The van der Waals surface area contributed by atoms with Crippen LogP contribution >= 0.6 is 0 Å². The van der Waals surface area contributed by atoms with Crippen LogP contribution in [0.2, 0.25) is 0 Å². The average molecular weight is 962 g/mol. The predicted molar refractivity (Wildman–Crippen MR) is 238 cm³/mol. The molecule has 2 fully saturated rings. The minimum Gasteiger partial charge on any atom is -0.471 e. The maximum absolute atomic E-state index is 15.4. The standard InChI is InChI=1S/C47H51F4N9O9/c48-33-25-59(40(63)22-28-11-13-30(14-12-28)69-47(49,50)51)21-17-37(33)68-44-32(42(52)64)23-29(24-55-44)35-26-58(27-56-35)20-7-10-38(61)54-19-5-3-1-2-4-18-53-34-9-6-8-31-41(34)46(67)60(45(31)66)36-15-16-39(62)57-43(36)65/h6,8-9,11-14,23-24,26-27,33,36-37,53H,1-5,7,10,15-22,25H2,(H2,52,64)(H,54,61)(H,57,62,65)/t33-,36?,37-/m1/s1. The van der Waals surface area contributed by atoms with Gasteiger partial charge < -0.3 is 35.3 Å². The highest BCUT2D eigenvalue weighted by Crippen LogP contribution is 2.33. The van der Waals surface area contributed by atoms with Gasteiger partial charge in [0.25, 0.3) is 17.7 Å². The topological polar surface area (TPSA) is 237 Å². The molecule has 4 aromatic rings. The van der Waals surface area contributed by atoms with Crippen LogP contribution in [0.4, 0.5) is 23.2 Å². The van der Waals surface area contributed by atoms with Crippen LogP contribution < -0.4 is 31.2 Å². The number of benzene rings is 2. The van der Waals surface area contributed by atoms with Crippen molar-refractivity contribution in [1.29, 1.82) is 0 Å². The Hall–Kier alpha value is -7.39. The normalized spacial score (nSPS) is 18.2. The lowest BCUT2D eigenvalue weighted by atomic mass is 10.0. The van der Waals surface area contributed by atoms with E-state index in [9.17, 15) is 46.7 Å². The summed E-state index contributed by atoms with van der Waals surface area (Å²) in [5, 5.41) is 8.40. The maximum Gasteiger partial charge on any atom is 0.573 e. The molecule has 0 saturated carbocycles. The number of likely N-dealkylation sites (tertiary alicyclic amines) is 1. The first-order valence-corrected chi connectivity index (χ1v) is 22.6. The fourth-order valence-electron chi connectivity index (χ4n) is 8.38. The lowest BCUT2D eigenvalue weighted by molar-refractivity contribution is -0.274. The number of carbonyl (C=O) groups is 7. The Balaban J connectivity index is 0.769. The number of rotatable bonds is 21. The lowest BCUT2D eigenvalue weighted by Crippen LogP contribution is -2.54. The molecule has 0 radical (unpaired) electrons. The molecule has 366 valence electrons. The van der Waals surface area contributed by atoms with Crippen molar-refractivity contribution in [3.8, 4) is 22.9 Å². The number of alkyl halides is 4. The van der Waals surface area contributed by atoms with Gasteiger partial charge >= 0.3 is 6.36 Å². The van der Waals surface area contributed by atoms with Gasteiger partial charge in [-0.1, -0.05) is 37.5 Å². The average Bonchev–Trinajstić information content (AvgIpc) is 3.88. The molecule has 2 aromatic carbocycles. The summed E-state index contributed by atoms with van der Waals surface area (Å²) >= 11 is 0. The number of piperidine rings is 2. The quantitative estimate of drug-likeness (QED) is 0.0498. The van der Waals surface area contributed by atoms with Crippen molar-refractivity contribution < 1.29 is 60.6 Å². The van der Waals surface area contributed by atoms with Gasteiger partial charge in [0.05, 0.1) is 36.1 Å². The molecule has 69 heavy (non-hydrogen) atoms. The molecular weight excluding hydrogens is 911 g/mol. The first-order valence-electron chi connectivity index (χ1n) is 22.6. The van der Waals surface area contributed by atoms with E-state index in [1.54, 1.807) is 35.3 Å². The summed E-state index contributed by atoms with van der Waals surface area (Å²) in [6, 6.07) is 10.2. The molecular formula is C47H51F4N9O9. The Bertz CT molecular complexity index is 2570. The van der Waals surface area contributed by atoms with E-state index < -0.39 is 65.9 Å². The van der Waals surface area contributed by atoms with Crippen molar-refractivity contribution >= 4 is 47.0 Å². The number of carbonyl (C=O) groups excluding carboxylic acids is 7. The number of imidazole rings is 1. The van der Waals surface area contributed by atoms with Crippen molar-refractivity contribution in [2.24, 2.45) is 5.73 Å². The Morgan fingerprint density at radius 1 is 0.913 bits per heavy atom. The van der Waals surface area contributed by atoms with E-state index in [1.165, 1.54) is 29.3 Å². The number of hydrogen-bond acceptors (Lipinski definition) is 12. The van der Waals surface area contributed by atoms with Gasteiger partial charge in [0.1, 0.15) is 23.5 Å². The van der Waals surface area contributed by atoms with Crippen LogP contribution in [-0.4, -0.2) is 117 Å². The first-order chi connectivity index (χ1) is 33.0. The second kappa shape index (κ2) is 22.1. The zero-order valence-corrected chi connectivity index (χ0v) is 37.4. The Morgan fingerprint density at radius 3 is 2.39 bits per heavy atom. The van der Waals surface area contributed by atoms with E-state index in [0.717, 1.165) is 49.1 Å². The number of primary amides is 1. The number of halogens is 4. The zero-order chi connectivity index (χ0) is 49.2. The molecule has 7 amide bonds. The number of nitrogens with zero attached hydrogens (tertiary/aromatic N) is 5. The van der Waals surface area contributed by atoms with Gasteiger partial charge in [0.2, 0.25) is 29.5 Å². The number of aromatic nitrogens is 3. The third-order valence-electron chi connectivity index (χ3n) is 11.9. The molecule has 1 unspecified atom stereocenters. The molecule has 5 heterocycles. The van der Waals surface area contributed by atoms with Crippen LogP contribution in [0.5, 0.6) is 11.6 Å². The number of amides is 7. The lowest BCUT2D eigenvalue weighted by Gasteiger charge is -2.34. The second-order valence-corrected chi connectivity index (χ2v) is 16.9. The molecule has 3 atom stereocenters. The van der Waals surface area contributed by atoms with Gasteiger partial charge in [0, 0.05) is 69.1 Å². The highest BCUT2D eigenvalue weighted by Gasteiger charge is 2.45. The monoisotopic (exact) mass is 961 g/mol. The molecule has 5 N–H and O–H groups in total.